The minimum absolute atomic E-state index is 0.0743. The van der Waals surface area contributed by atoms with Crippen molar-refractivity contribution in [2.24, 2.45) is 11.8 Å². The van der Waals surface area contributed by atoms with Crippen LogP contribution in [0.2, 0.25) is 0 Å². The molecule has 5 nitrogen and oxygen atoms in total. The molecule has 0 radical (unpaired) electrons. The molecule has 21 heavy (non-hydrogen) atoms. The van der Waals surface area contributed by atoms with E-state index in [0.29, 0.717) is 18.6 Å². The van der Waals surface area contributed by atoms with Gasteiger partial charge in [-0.05, 0) is 37.3 Å². The second-order valence-electron chi connectivity index (χ2n) is 5.51. The summed E-state index contributed by atoms with van der Waals surface area (Å²) in [6.45, 7) is 1.98. The molecule has 1 aromatic carbocycles. The number of hydrogen-bond donors (Lipinski definition) is 1. The van der Waals surface area contributed by atoms with E-state index in [2.05, 4.69) is 0 Å². The fourth-order valence-electron chi connectivity index (χ4n) is 2.62. The zero-order chi connectivity index (χ0) is 15.5. The van der Waals surface area contributed by atoms with Crippen molar-refractivity contribution in [2.75, 3.05) is 18.1 Å². The van der Waals surface area contributed by atoms with Gasteiger partial charge in [0.25, 0.3) is 0 Å². The Hall–Kier alpha value is -1.56. The number of carboxylic acid groups (broad SMARTS) is 1. The highest BCUT2D eigenvalue weighted by molar-refractivity contribution is 7.91. The first-order valence-corrected chi connectivity index (χ1v) is 8.83. The minimum Gasteiger partial charge on any atom is -0.492 e. The van der Waals surface area contributed by atoms with E-state index in [4.69, 9.17) is 4.74 Å². The summed E-state index contributed by atoms with van der Waals surface area (Å²) in [6, 6.07) is 7.44. The summed E-state index contributed by atoms with van der Waals surface area (Å²) < 4.78 is 28.5. The summed E-state index contributed by atoms with van der Waals surface area (Å²) in [5.41, 5.74) is 0.952. The number of ether oxygens (including phenoxy) is 1. The highest BCUT2D eigenvalue weighted by Crippen LogP contribution is 2.28. The molecule has 0 aliphatic carbocycles. The van der Waals surface area contributed by atoms with Crippen LogP contribution in [0, 0.1) is 18.8 Å². The predicted molar refractivity (Wildman–Crippen MR) is 79.2 cm³/mol. The molecule has 0 amide bonds. The van der Waals surface area contributed by atoms with E-state index in [0.717, 1.165) is 5.56 Å². The maximum atomic E-state index is 11.4. The first-order valence-electron chi connectivity index (χ1n) is 7.01. The average Bonchev–Trinajstić information content (AvgIpc) is 2.42. The number of para-hydroxylation sites is 1. The molecule has 0 saturated carbocycles. The van der Waals surface area contributed by atoms with Gasteiger partial charge in [0, 0.05) is 0 Å². The Kier molecular flexibility index (Phi) is 4.88. The number of rotatable bonds is 5. The molecule has 1 atom stereocenters. The van der Waals surface area contributed by atoms with Crippen LogP contribution in [0.4, 0.5) is 0 Å². The molecule has 1 unspecified atom stereocenters. The third kappa shape index (κ3) is 4.20. The third-order valence-electron chi connectivity index (χ3n) is 4.00. The Labute approximate surface area is 124 Å². The zero-order valence-electron chi connectivity index (χ0n) is 12.0. The molecular formula is C15H20O5S. The van der Waals surface area contributed by atoms with Gasteiger partial charge in [-0.1, -0.05) is 18.2 Å². The fourth-order valence-corrected chi connectivity index (χ4v) is 4.15. The molecule has 1 heterocycles. The lowest BCUT2D eigenvalue weighted by atomic mass is 9.88. The Balaban J connectivity index is 2.00. The molecule has 1 aliphatic rings. The van der Waals surface area contributed by atoms with Gasteiger partial charge in [0.15, 0.2) is 0 Å². The minimum atomic E-state index is -2.98. The van der Waals surface area contributed by atoms with Crippen molar-refractivity contribution < 1.29 is 23.1 Å². The van der Waals surface area contributed by atoms with Crippen molar-refractivity contribution in [3.8, 4) is 5.75 Å². The first kappa shape index (κ1) is 15.8. The SMILES string of the molecule is Cc1ccccc1OCC(C(=O)O)C1CCS(=O)(=O)CC1. The molecule has 116 valence electrons. The van der Waals surface area contributed by atoms with Gasteiger partial charge in [0.2, 0.25) is 0 Å². The number of carboxylic acids is 1. The topological polar surface area (TPSA) is 80.7 Å². The van der Waals surface area contributed by atoms with Crippen LogP contribution in [0.5, 0.6) is 5.75 Å². The predicted octanol–water partition coefficient (Wildman–Crippen LogP) is 1.90. The summed E-state index contributed by atoms with van der Waals surface area (Å²) >= 11 is 0. The maximum absolute atomic E-state index is 11.4. The molecule has 1 aliphatic heterocycles. The molecule has 1 aromatic rings. The summed E-state index contributed by atoms with van der Waals surface area (Å²) in [5.74, 6) is -0.910. The van der Waals surface area contributed by atoms with Crippen LogP contribution in [0.25, 0.3) is 0 Å². The molecular weight excluding hydrogens is 292 g/mol. The summed E-state index contributed by atoms with van der Waals surface area (Å²) in [7, 11) is -2.98. The highest BCUT2D eigenvalue weighted by Gasteiger charge is 2.34. The van der Waals surface area contributed by atoms with Gasteiger partial charge < -0.3 is 9.84 Å². The Bertz CT molecular complexity index is 594. The van der Waals surface area contributed by atoms with Crippen molar-refractivity contribution >= 4 is 15.8 Å². The number of sulfone groups is 1. The van der Waals surface area contributed by atoms with Crippen molar-refractivity contribution in [3.63, 3.8) is 0 Å². The second-order valence-corrected chi connectivity index (χ2v) is 7.81. The summed E-state index contributed by atoms with van der Waals surface area (Å²) in [5, 5.41) is 9.37. The van der Waals surface area contributed by atoms with E-state index in [1.54, 1.807) is 6.07 Å². The van der Waals surface area contributed by atoms with Crippen LogP contribution in [-0.4, -0.2) is 37.6 Å². The summed E-state index contributed by atoms with van der Waals surface area (Å²) in [4.78, 5) is 11.4. The Morgan fingerprint density at radius 2 is 1.95 bits per heavy atom. The van der Waals surface area contributed by atoms with Gasteiger partial charge >= 0.3 is 5.97 Å². The van der Waals surface area contributed by atoms with Gasteiger partial charge in [0.1, 0.15) is 22.2 Å². The lowest BCUT2D eigenvalue weighted by Gasteiger charge is -2.27. The molecule has 6 heteroatoms. The molecule has 1 saturated heterocycles. The van der Waals surface area contributed by atoms with Gasteiger partial charge in [-0.3, -0.25) is 4.79 Å². The Morgan fingerprint density at radius 3 is 2.52 bits per heavy atom. The van der Waals surface area contributed by atoms with E-state index in [-0.39, 0.29) is 24.0 Å². The second kappa shape index (κ2) is 6.47. The Morgan fingerprint density at radius 1 is 1.33 bits per heavy atom. The quantitative estimate of drug-likeness (QED) is 0.898. The number of carbonyl (C=O) groups is 1. The maximum Gasteiger partial charge on any atom is 0.310 e. The van der Waals surface area contributed by atoms with Crippen LogP contribution in [0.15, 0.2) is 24.3 Å². The van der Waals surface area contributed by atoms with E-state index < -0.39 is 21.7 Å². The normalized spacial score (nSPS) is 19.9. The lowest BCUT2D eigenvalue weighted by molar-refractivity contribution is -0.145. The number of benzene rings is 1. The van der Waals surface area contributed by atoms with E-state index in [1.165, 1.54) is 0 Å². The van der Waals surface area contributed by atoms with Crippen LogP contribution in [-0.2, 0) is 14.6 Å². The fraction of sp³-hybridized carbons (Fsp3) is 0.533. The molecule has 0 spiro atoms. The largest absolute Gasteiger partial charge is 0.492 e. The van der Waals surface area contributed by atoms with Gasteiger partial charge in [-0.15, -0.1) is 0 Å². The standard InChI is InChI=1S/C15H20O5S/c1-11-4-2-3-5-14(11)20-10-13(15(16)17)12-6-8-21(18,19)9-7-12/h2-5,12-13H,6-10H2,1H3,(H,16,17). The zero-order valence-corrected chi connectivity index (χ0v) is 12.8. The smallest absolute Gasteiger partial charge is 0.310 e. The van der Waals surface area contributed by atoms with Crippen molar-refractivity contribution in [2.45, 2.75) is 19.8 Å². The highest BCUT2D eigenvalue weighted by atomic mass is 32.2. The van der Waals surface area contributed by atoms with E-state index in [1.807, 2.05) is 25.1 Å². The van der Waals surface area contributed by atoms with E-state index in [9.17, 15) is 18.3 Å². The van der Waals surface area contributed by atoms with E-state index >= 15 is 0 Å². The van der Waals surface area contributed by atoms with Crippen LogP contribution < -0.4 is 4.74 Å². The molecule has 1 N–H and O–H groups in total. The lowest BCUT2D eigenvalue weighted by Crippen LogP contribution is -2.35. The van der Waals surface area contributed by atoms with Gasteiger partial charge in [-0.25, -0.2) is 8.42 Å². The molecule has 2 rings (SSSR count). The molecule has 1 fully saturated rings. The third-order valence-corrected chi connectivity index (χ3v) is 5.71. The monoisotopic (exact) mass is 312 g/mol. The van der Waals surface area contributed by atoms with Crippen LogP contribution >= 0.6 is 0 Å². The van der Waals surface area contributed by atoms with Gasteiger partial charge in [-0.2, -0.15) is 0 Å². The van der Waals surface area contributed by atoms with Crippen LogP contribution in [0.3, 0.4) is 0 Å². The first-order chi connectivity index (χ1) is 9.89. The van der Waals surface area contributed by atoms with Crippen LogP contribution in [0.1, 0.15) is 18.4 Å². The number of hydrogen-bond acceptors (Lipinski definition) is 4. The van der Waals surface area contributed by atoms with Crippen molar-refractivity contribution in [1.82, 2.24) is 0 Å². The van der Waals surface area contributed by atoms with Crippen molar-refractivity contribution in [1.29, 1.82) is 0 Å². The number of aliphatic carboxylic acids is 1. The molecule has 0 bridgehead atoms. The average molecular weight is 312 g/mol. The van der Waals surface area contributed by atoms with Gasteiger partial charge in [0.05, 0.1) is 17.4 Å². The molecule has 0 aromatic heterocycles. The number of aryl methyl sites for hydroxylation is 1. The van der Waals surface area contributed by atoms with Crippen molar-refractivity contribution in [3.05, 3.63) is 29.8 Å². The summed E-state index contributed by atoms with van der Waals surface area (Å²) in [6.07, 6.45) is 0.798.